The third-order valence-electron chi connectivity index (χ3n) is 3.73. The first-order valence-corrected chi connectivity index (χ1v) is 8.02. The molecular weight excluding hydrogens is 314 g/mol. The lowest BCUT2D eigenvalue weighted by atomic mass is 10.2. The normalized spacial score (nSPS) is 10.3. The van der Waals surface area contributed by atoms with Crippen molar-refractivity contribution in [1.82, 2.24) is 15.0 Å². The second kappa shape index (κ2) is 8.01. The van der Waals surface area contributed by atoms with Gasteiger partial charge in [0.05, 0.1) is 0 Å². The monoisotopic (exact) mass is 333 g/mol. The average molecular weight is 333 g/mol. The highest BCUT2D eigenvalue weighted by Gasteiger charge is 2.11. The summed E-state index contributed by atoms with van der Waals surface area (Å²) in [7, 11) is 1.91. The second-order valence-electron chi connectivity index (χ2n) is 5.59. The number of hydrogen-bond acceptors (Lipinski definition) is 5. The molecule has 0 saturated heterocycles. The van der Waals surface area contributed by atoms with E-state index in [1.165, 1.54) is 5.56 Å². The molecule has 6 nitrogen and oxygen atoms in total. The topological polar surface area (TPSA) is 71.0 Å². The lowest BCUT2D eigenvalue weighted by Crippen LogP contribution is -2.24. The molecule has 0 aliphatic rings. The molecule has 3 rings (SSSR count). The van der Waals surface area contributed by atoms with Crippen LogP contribution in [0, 0.1) is 0 Å². The minimum atomic E-state index is -0.252. The predicted molar refractivity (Wildman–Crippen MR) is 97.6 cm³/mol. The molecule has 1 N–H and O–H groups in total. The minimum absolute atomic E-state index is 0.252. The summed E-state index contributed by atoms with van der Waals surface area (Å²) in [5.74, 6) is 0.271. The van der Waals surface area contributed by atoms with Gasteiger partial charge in [0.2, 0.25) is 5.95 Å². The van der Waals surface area contributed by atoms with Gasteiger partial charge in [-0.1, -0.05) is 18.2 Å². The highest BCUT2D eigenvalue weighted by Crippen LogP contribution is 2.10. The van der Waals surface area contributed by atoms with Gasteiger partial charge >= 0.3 is 0 Å². The molecule has 25 heavy (non-hydrogen) atoms. The van der Waals surface area contributed by atoms with E-state index in [9.17, 15) is 4.79 Å². The fourth-order valence-corrected chi connectivity index (χ4v) is 2.32. The van der Waals surface area contributed by atoms with Gasteiger partial charge in [-0.05, 0) is 42.3 Å². The maximum atomic E-state index is 12.3. The van der Waals surface area contributed by atoms with Crippen LogP contribution in [0.4, 0.5) is 11.6 Å². The highest BCUT2D eigenvalue weighted by atomic mass is 16.1. The smallest absolute Gasteiger partial charge is 0.274 e. The molecule has 0 bridgehead atoms. The summed E-state index contributed by atoms with van der Waals surface area (Å²) >= 11 is 0. The first-order valence-electron chi connectivity index (χ1n) is 8.02. The van der Waals surface area contributed by atoms with Crippen LogP contribution in [0.3, 0.4) is 0 Å². The van der Waals surface area contributed by atoms with Crippen LogP contribution in [0.25, 0.3) is 0 Å². The van der Waals surface area contributed by atoms with Crippen LogP contribution in [0.5, 0.6) is 0 Å². The van der Waals surface area contributed by atoms with Crippen molar-refractivity contribution in [3.8, 4) is 0 Å². The van der Waals surface area contributed by atoms with E-state index in [0.717, 1.165) is 18.7 Å². The Balaban J connectivity index is 1.65. The lowest BCUT2D eigenvalue weighted by Gasteiger charge is -2.17. The fraction of sp³-hybridized carbons (Fsp3) is 0.158. The van der Waals surface area contributed by atoms with E-state index in [1.54, 1.807) is 24.7 Å². The SMILES string of the molecule is CN(CCc1ccncc1)c1nccc(C(=O)Nc2ccccc2)n1. The van der Waals surface area contributed by atoms with E-state index >= 15 is 0 Å². The number of pyridine rings is 1. The predicted octanol–water partition coefficient (Wildman–Crippen LogP) is 2.80. The Kier molecular flexibility index (Phi) is 5.31. The summed E-state index contributed by atoms with van der Waals surface area (Å²) in [4.78, 5) is 26.9. The molecular formula is C19H19N5O. The Hall–Kier alpha value is -3.28. The van der Waals surface area contributed by atoms with E-state index in [4.69, 9.17) is 0 Å². The largest absolute Gasteiger partial charge is 0.344 e. The van der Waals surface area contributed by atoms with E-state index < -0.39 is 0 Å². The quantitative estimate of drug-likeness (QED) is 0.751. The minimum Gasteiger partial charge on any atom is -0.344 e. The lowest BCUT2D eigenvalue weighted by molar-refractivity contribution is 0.102. The van der Waals surface area contributed by atoms with Crippen molar-refractivity contribution in [3.05, 3.63) is 78.4 Å². The van der Waals surface area contributed by atoms with Gasteiger partial charge in [-0.2, -0.15) is 0 Å². The molecule has 6 heteroatoms. The molecule has 126 valence electrons. The van der Waals surface area contributed by atoms with Gasteiger partial charge < -0.3 is 10.2 Å². The first-order chi connectivity index (χ1) is 12.2. The van der Waals surface area contributed by atoms with Crippen molar-refractivity contribution >= 4 is 17.5 Å². The molecule has 0 atom stereocenters. The number of rotatable bonds is 6. The van der Waals surface area contributed by atoms with E-state index in [1.807, 2.05) is 54.4 Å². The second-order valence-corrected chi connectivity index (χ2v) is 5.59. The molecule has 0 spiro atoms. The van der Waals surface area contributed by atoms with Crippen LogP contribution in [-0.4, -0.2) is 34.5 Å². The zero-order chi connectivity index (χ0) is 17.5. The number of carbonyl (C=O) groups excluding carboxylic acids is 1. The first kappa shape index (κ1) is 16.6. The zero-order valence-electron chi connectivity index (χ0n) is 14.0. The van der Waals surface area contributed by atoms with Gasteiger partial charge in [-0.15, -0.1) is 0 Å². The molecule has 0 unspecified atom stereocenters. The summed E-state index contributed by atoms with van der Waals surface area (Å²) in [5.41, 5.74) is 2.27. The van der Waals surface area contributed by atoms with Crippen LogP contribution in [0.2, 0.25) is 0 Å². The Morgan fingerprint density at radius 1 is 1.04 bits per heavy atom. The molecule has 0 fully saturated rings. The Morgan fingerprint density at radius 3 is 2.56 bits per heavy atom. The molecule has 1 aromatic carbocycles. The van der Waals surface area contributed by atoms with Crippen LogP contribution in [0.15, 0.2) is 67.1 Å². The van der Waals surface area contributed by atoms with Crippen LogP contribution >= 0.6 is 0 Å². The number of para-hydroxylation sites is 1. The number of hydrogen-bond donors (Lipinski definition) is 1. The Bertz CT molecular complexity index is 823. The molecule has 0 aliphatic carbocycles. The highest BCUT2D eigenvalue weighted by molar-refractivity contribution is 6.02. The van der Waals surface area contributed by atoms with Crippen molar-refractivity contribution in [2.75, 3.05) is 23.8 Å². The Labute approximate surface area is 146 Å². The van der Waals surface area contributed by atoms with Crippen LogP contribution in [0.1, 0.15) is 16.1 Å². The fourth-order valence-electron chi connectivity index (χ4n) is 2.32. The molecule has 0 aliphatic heterocycles. The van der Waals surface area contributed by atoms with Gasteiger partial charge in [-0.3, -0.25) is 9.78 Å². The van der Waals surface area contributed by atoms with Gasteiger partial charge in [0, 0.05) is 37.9 Å². The zero-order valence-corrected chi connectivity index (χ0v) is 14.0. The molecule has 0 saturated carbocycles. The van der Waals surface area contributed by atoms with Gasteiger partial charge in [0.25, 0.3) is 5.91 Å². The number of likely N-dealkylation sites (N-methyl/N-ethyl adjacent to an activating group) is 1. The number of nitrogens with zero attached hydrogens (tertiary/aromatic N) is 4. The number of aromatic nitrogens is 3. The number of benzene rings is 1. The van der Waals surface area contributed by atoms with Crippen molar-refractivity contribution in [1.29, 1.82) is 0 Å². The maximum absolute atomic E-state index is 12.3. The average Bonchev–Trinajstić information content (AvgIpc) is 2.68. The molecule has 2 heterocycles. The van der Waals surface area contributed by atoms with Crippen LogP contribution < -0.4 is 10.2 Å². The van der Waals surface area contributed by atoms with E-state index in [-0.39, 0.29) is 5.91 Å². The van der Waals surface area contributed by atoms with Crippen LogP contribution in [-0.2, 0) is 6.42 Å². The number of nitrogens with one attached hydrogen (secondary N) is 1. The van der Waals surface area contributed by atoms with Crippen molar-refractivity contribution in [2.24, 2.45) is 0 Å². The third kappa shape index (κ3) is 4.60. The summed E-state index contributed by atoms with van der Waals surface area (Å²) in [5, 5.41) is 2.83. The number of carbonyl (C=O) groups is 1. The van der Waals surface area contributed by atoms with Gasteiger partial charge in [0.15, 0.2) is 0 Å². The Morgan fingerprint density at radius 2 is 1.80 bits per heavy atom. The standard InChI is InChI=1S/C19H19N5O/c1-24(14-10-15-7-11-20-12-8-15)19-21-13-9-17(23-19)18(25)22-16-5-3-2-4-6-16/h2-9,11-13H,10,14H2,1H3,(H,22,25). The van der Waals surface area contributed by atoms with Gasteiger partial charge in [0.1, 0.15) is 5.69 Å². The summed E-state index contributed by atoms with van der Waals surface area (Å²) in [6, 6.07) is 14.9. The van der Waals surface area contributed by atoms with Crippen molar-refractivity contribution < 1.29 is 4.79 Å². The van der Waals surface area contributed by atoms with E-state index in [0.29, 0.717) is 11.6 Å². The van der Waals surface area contributed by atoms with E-state index in [2.05, 4.69) is 20.3 Å². The van der Waals surface area contributed by atoms with Crippen molar-refractivity contribution in [2.45, 2.75) is 6.42 Å². The maximum Gasteiger partial charge on any atom is 0.274 e. The summed E-state index contributed by atoms with van der Waals surface area (Å²) in [6.45, 7) is 0.744. The summed E-state index contributed by atoms with van der Waals surface area (Å²) in [6.07, 6.45) is 6.01. The molecule has 0 radical (unpaired) electrons. The third-order valence-corrected chi connectivity index (χ3v) is 3.73. The molecule has 2 aromatic heterocycles. The van der Waals surface area contributed by atoms with Crippen molar-refractivity contribution in [3.63, 3.8) is 0 Å². The summed E-state index contributed by atoms with van der Waals surface area (Å²) < 4.78 is 0. The number of amides is 1. The van der Waals surface area contributed by atoms with Gasteiger partial charge in [-0.25, -0.2) is 9.97 Å². The number of anilines is 2. The molecule has 3 aromatic rings. The molecule has 1 amide bonds.